The molecule has 0 aliphatic carbocycles. The highest BCUT2D eigenvalue weighted by atomic mass is 16.3. The first-order valence-electron chi connectivity index (χ1n) is 7.21. The zero-order valence-corrected chi connectivity index (χ0v) is 13.3. The lowest BCUT2D eigenvalue weighted by atomic mass is 9.99. The van der Waals surface area contributed by atoms with E-state index in [1.165, 1.54) is 24.3 Å². The lowest BCUT2D eigenvalue weighted by Gasteiger charge is -2.25. The first kappa shape index (κ1) is 17.0. The Hall–Kier alpha value is -3.33. The molecule has 24 heavy (non-hydrogen) atoms. The number of pyridine rings is 1. The number of aromatic hydroxyl groups is 2. The number of carbonyl (C=O) groups excluding carboxylic acids is 1. The summed E-state index contributed by atoms with van der Waals surface area (Å²) in [7, 11) is 0. The monoisotopic (exact) mass is 323 g/mol. The third-order valence-electron chi connectivity index (χ3n) is 3.41. The molecular formula is C18H17N3O3. The Kier molecular flexibility index (Phi) is 4.85. The van der Waals surface area contributed by atoms with Crippen LogP contribution in [0.4, 0.5) is 0 Å². The zero-order chi connectivity index (χ0) is 17.7. The zero-order valence-electron chi connectivity index (χ0n) is 13.3. The molecule has 3 N–H and O–H groups in total. The fourth-order valence-electron chi connectivity index (χ4n) is 2.09. The third kappa shape index (κ3) is 3.90. The van der Waals surface area contributed by atoms with Gasteiger partial charge in [0.15, 0.2) is 11.5 Å². The van der Waals surface area contributed by atoms with Crippen molar-refractivity contribution < 1.29 is 15.0 Å². The van der Waals surface area contributed by atoms with E-state index in [-0.39, 0.29) is 17.1 Å². The number of rotatable bonds is 4. The minimum absolute atomic E-state index is 0.121. The predicted octanol–water partition coefficient (Wildman–Crippen LogP) is 2.45. The van der Waals surface area contributed by atoms with Gasteiger partial charge in [-0.15, -0.1) is 0 Å². The molecule has 1 aromatic carbocycles. The van der Waals surface area contributed by atoms with Gasteiger partial charge in [-0.25, -0.2) is 0 Å². The largest absolute Gasteiger partial charge is 0.504 e. The predicted molar refractivity (Wildman–Crippen MR) is 88.8 cm³/mol. The van der Waals surface area contributed by atoms with E-state index in [1.54, 1.807) is 32.2 Å². The number of nitrogens with zero attached hydrogens (tertiary/aromatic N) is 2. The lowest BCUT2D eigenvalue weighted by molar-refractivity contribution is -0.118. The van der Waals surface area contributed by atoms with E-state index in [9.17, 15) is 20.3 Å². The minimum atomic E-state index is -0.759. The second-order valence-corrected chi connectivity index (χ2v) is 5.71. The Morgan fingerprint density at radius 2 is 2.00 bits per heavy atom. The van der Waals surface area contributed by atoms with Crippen molar-refractivity contribution >= 4 is 12.0 Å². The number of nitriles is 1. The van der Waals surface area contributed by atoms with E-state index < -0.39 is 11.4 Å². The number of carbonyl (C=O) groups is 1. The molecule has 0 saturated carbocycles. The maximum absolute atomic E-state index is 12.4. The van der Waals surface area contributed by atoms with Gasteiger partial charge in [0.05, 0.1) is 11.2 Å². The fourth-order valence-corrected chi connectivity index (χ4v) is 2.09. The number of benzene rings is 1. The van der Waals surface area contributed by atoms with Crippen molar-refractivity contribution in [2.75, 3.05) is 0 Å². The first-order valence-corrected chi connectivity index (χ1v) is 7.21. The van der Waals surface area contributed by atoms with E-state index in [2.05, 4.69) is 10.3 Å². The molecule has 0 aliphatic heterocycles. The summed E-state index contributed by atoms with van der Waals surface area (Å²) in [5.41, 5.74) is 0.209. The highest BCUT2D eigenvalue weighted by molar-refractivity contribution is 6.02. The van der Waals surface area contributed by atoms with Crippen molar-refractivity contribution in [3.63, 3.8) is 0 Å². The summed E-state index contributed by atoms with van der Waals surface area (Å²) in [6.45, 7) is 3.57. The maximum Gasteiger partial charge on any atom is 0.262 e. The molecule has 0 saturated heterocycles. The van der Waals surface area contributed by atoms with Crippen molar-refractivity contribution in [2.24, 2.45) is 0 Å². The van der Waals surface area contributed by atoms with Crippen molar-refractivity contribution in [3.8, 4) is 17.6 Å². The number of amides is 1. The number of aromatic nitrogens is 1. The van der Waals surface area contributed by atoms with Gasteiger partial charge in [-0.05, 0) is 49.8 Å². The van der Waals surface area contributed by atoms with Crippen LogP contribution in [0, 0.1) is 11.3 Å². The smallest absolute Gasteiger partial charge is 0.262 e. The maximum atomic E-state index is 12.4. The number of phenolic OH excluding ortho intramolecular Hbond substituents is 2. The van der Waals surface area contributed by atoms with Gasteiger partial charge in [0.2, 0.25) is 0 Å². The van der Waals surface area contributed by atoms with Crippen LogP contribution in [0.1, 0.15) is 25.1 Å². The van der Waals surface area contributed by atoms with Crippen molar-refractivity contribution in [1.82, 2.24) is 10.3 Å². The molecule has 0 atom stereocenters. The normalized spacial score (nSPS) is 11.6. The van der Waals surface area contributed by atoms with Crippen LogP contribution < -0.4 is 5.32 Å². The standard InChI is InChI=1S/C18H17N3O3/c1-18(2,16-5-3-4-8-20-16)21-17(24)13(11-19)9-12-6-7-14(22)15(23)10-12/h3-10,22-23H,1-2H3,(H,21,24)/b13-9+. The summed E-state index contributed by atoms with van der Waals surface area (Å²) >= 11 is 0. The van der Waals surface area contributed by atoms with Gasteiger partial charge in [0.1, 0.15) is 11.6 Å². The van der Waals surface area contributed by atoms with E-state index in [1.807, 2.05) is 12.1 Å². The molecule has 0 fully saturated rings. The highest BCUT2D eigenvalue weighted by Crippen LogP contribution is 2.26. The molecule has 6 heteroatoms. The van der Waals surface area contributed by atoms with E-state index >= 15 is 0 Å². The summed E-state index contributed by atoms with van der Waals surface area (Å²) in [5, 5.41) is 30.8. The Morgan fingerprint density at radius 3 is 2.58 bits per heavy atom. The molecule has 1 aromatic heterocycles. The molecule has 0 spiro atoms. The number of nitrogens with one attached hydrogen (secondary N) is 1. The lowest BCUT2D eigenvalue weighted by Crippen LogP contribution is -2.42. The molecule has 0 unspecified atom stereocenters. The van der Waals surface area contributed by atoms with E-state index in [4.69, 9.17) is 0 Å². The summed E-state index contributed by atoms with van der Waals surface area (Å²) in [6.07, 6.45) is 2.96. The van der Waals surface area contributed by atoms with Crippen LogP contribution in [0.15, 0.2) is 48.2 Å². The Labute approximate surface area is 139 Å². The molecular weight excluding hydrogens is 306 g/mol. The van der Waals surface area contributed by atoms with Gasteiger partial charge in [-0.1, -0.05) is 12.1 Å². The molecule has 0 radical (unpaired) electrons. The Bertz CT molecular complexity index is 821. The number of phenols is 2. The second-order valence-electron chi connectivity index (χ2n) is 5.71. The first-order chi connectivity index (χ1) is 11.3. The highest BCUT2D eigenvalue weighted by Gasteiger charge is 2.25. The van der Waals surface area contributed by atoms with Gasteiger partial charge in [-0.2, -0.15) is 5.26 Å². The SMILES string of the molecule is CC(C)(NC(=O)/C(C#N)=C/c1ccc(O)c(O)c1)c1ccccn1. The summed E-state index contributed by atoms with van der Waals surface area (Å²) in [4.78, 5) is 16.6. The van der Waals surface area contributed by atoms with Crippen molar-refractivity contribution in [2.45, 2.75) is 19.4 Å². The van der Waals surface area contributed by atoms with Gasteiger partial charge in [-0.3, -0.25) is 9.78 Å². The molecule has 122 valence electrons. The second kappa shape index (κ2) is 6.84. The van der Waals surface area contributed by atoms with Gasteiger partial charge < -0.3 is 15.5 Å². The summed E-state index contributed by atoms with van der Waals surface area (Å²) in [5.74, 6) is -1.15. The number of hydrogen-bond acceptors (Lipinski definition) is 5. The van der Waals surface area contributed by atoms with Crippen molar-refractivity contribution in [1.29, 1.82) is 5.26 Å². The van der Waals surface area contributed by atoms with Crippen LogP contribution in [0.5, 0.6) is 11.5 Å². The molecule has 2 rings (SSSR count). The van der Waals surface area contributed by atoms with E-state index in [0.29, 0.717) is 11.3 Å². The minimum Gasteiger partial charge on any atom is -0.504 e. The van der Waals surface area contributed by atoms with Crippen LogP contribution in [-0.2, 0) is 10.3 Å². The molecule has 2 aromatic rings. The van der Waals surface area contributed by atoms with Crippen LogP contribution in [-0.4, -0.2) is 21.1 Å². The number of hydrogen-bond donors (Lipinski definition) is 3. The molecule has 1 amide bonds. The summed E-state index contributed by atoms with van der Waals surface area (Å²) < 4.78 is 0. The van der Waals surface area contributed by atoms with E-state index in [0.717, 1.165) is 0 Å². The fraction of sp³-hybridized carbons (Fsp3) is 0.167. The van der Waals surface area contributed by atoms with Crippen LogP contribution in [0.3, 0.4) is 0 Å². The average molecular weight is 323 g/mol. The van der Waals surface area contributed by atoms with Gasteiger partial charge in [0.25, 0.3) is 5.91 Å². The molecule has 0 bridgehead atoms. The van der Waals surface area contributed by atoms with Crippen LogP contribution in [0.25, 0.3) is 6.08 Å². The van der Waals surface area contributed by atoms with Crippen LogP contribution >= 0.6 is 0 Å². The Balaban J connectivity index is 2.24. The Morgan fingerprint density at radius 1 is 1.25 bits per heavy atom. The average Bonchev–Trinajstić information content (AvgIpc) is 2.56. The van der Waals surface area contributed by atoms with Gasteiger partial charge in [0, 0.05) is 6.20 Å². The molecule has 6 nitrogen and oxygen atoms in total. The van der Waals surface area contributed by atoms with Crippen LogP contribution in [0.2, 0.25) is 0 Å². The summed E-state index contributed by atoms with van der Waals surface area (Å²) in [6, 6.07) is 11.3. The topological polar surface area (TPSA) is 106 Å². The quantitative estimate of drug-likeness (QED) is 0.455. The van der Waals surface area contributed by atoms with Gasteiger partial charge >= 0.3 is 0 Å². The van der Waals surface area contributed by atoms with Crippen molar-refractivity contribution in [3.05, 3.63) is 59.4 Å². The third-order valence-corrected chi connectivity index (χ3v) is 3.41. The molecule has 0 aliphatic rings. The molecule has 1 heterocycles.